The first kappa shape index (κ1) is 14.9. The molecule has 0 fully saturated rings. The third-order valence-corrected chi connectivity index (χ3v) is 5.01. The zero-order valence-corrected chi connectivity index (χ0v) is 14.0. The molecule has 0 saturated heterocycles. The molecule has 0 amide bonds. The lowest BCUT2D eigenvalue weighted by molar-refractivity contribution is 0.567. The zero-order valence-electron chi connectivity index (χ0n) is 11.7. The van der Waals surface area contributed by atoms with Crippen LogP contribution in [0.3, 0.4) is 0 Å². The van der Waals surface area contributed by atoms with Gasteiger partial charge in [-0.05, 0) is 36.1 Å². The average molecular weight is 339 g/mol. The van der Waals surface area contributed by atoms with Crippen LogP contribution >= 0.6 is 34.5 Å². The zero-order chi connectivity index (χ0) is 14.8. The molecule has 0 spiro atoms. The standard InChI is InChI=1S/C16H16Cl2N2S/c1-2-13(15-4-3-9-21-15)20-14-6-5-11(18)10-12(14)19-16(20)7-8-17/h3-6,9-10,13H,2,7-8H2,1H3. The van der Waals surface area contributed by atoms with Crippen molar-refractivity contribution < 1.29 is 0 Å². The van der Waals surface area contributed by atoms with Crippen molar-refractivity contribution in [3.05, 3.63) is 51.4 Å². The molecule has 0 saturated carbocycles. The van der Waals surface area contributed by atoms with E-state index in [-0.39, 0.29) is 0 Å². The molecule has 0 bridgehead atoms. The van der Waals surface area contributed by atoms with E-state index in [1.807, 2.05) is 12.1 Å². The van der Waals surface area contributed by atoms with Gasteiger partial charge in [0.15, 0.2) is 0 Å². The highest BCUT2D eigenvalue weighted by Gasteiger charge is 2.20. The van der Waals surface area contributed by atoms with Gasteiger partial charge in [0.2, 0.25) is 0 Å². The summed E-state index contributed by atoms with van der Waals surface area (Å²) in [6.45, 7) is 2.20. The van der Waals surface area contributed by atoms with E-state index in [4.69, 9.17) is 28.2 Å². The largest absolute Gasteiger partial charge is 0.319 e. The maximum absolute atomic E-state index is 6.10. The lowest BCUT2D eigenvalue weighted by atomic mass is 10.1. The number of fused-ring (bicyclic) bond motifs is 1. The molecule has 2 heterocycles. The molecule has 1 aromatic carbocycles. The fourth-order valence-corrected chi connectivity index (χ4v) is 3.96. The van der Waals surface area contributed by atoms with Gasteiger partial charge in [-0.3, -0.25) is 0 Å². The normalized spacial score (nSPS) is 12.9. The summed E-state index contributed by atoms with van der Waals surface area (Å²) in [6.07, 6.45) is 1.78. The highest BCUT2D eigenvalue weighted by atomic mass is 35.5. The molecule has 1 unspecified atom stereocenters. The number of hydrogen-bond acceptors (Lipinski definition) is 2. The minimum absolute atomic E-state index is 0.300. The summed E-state index contributed by atoms with van der Waals surface area (Å²) < 4.78 is 2.32. The molecular weight excluding hydrogens is 323 g/mol. The first-order valence-corrected chi connectivity index (χ1v) is 8.79. The van der Waals surface area contributed by atoms with E-state index in [0.29, 0.717) is 16.9 Å². The predicted octanol–water partition coefficient (Wildman–Crippen LogP) is 5.53. The second-order valence-electron chi connectivity index (χ2n) is 4.91. The van der Waals surface area contributed by atoms with Crippen molar-refractivity contribution in [1.82, 2.24) is 9.55 Å². The SMILES string of the molecule is CCC(c1cccs1)n1c(CCCl)nc2cc(Cl)ccc21. The molecular formula is C16H16Cl2N2S. The molecule has 0 N–H and O–H groups in total. The lowest BCUT2D eigenvalue weighted by Crippen LogP contribution is -2.12. The van der Waals surface area contributed by atoms with Gasteiger partial charge in [-0.1, -0.05) is 24.6 Å². The van der Waals surface area contributed by atoms with Crippen LogP contribution < -0.4 is 0 Å². The third-order valence-electron chi connectivity index (χ3n) is 3.61. The summed E-state index contributed by atoms with van der Waals surface area (Å²) in [5.74, 6) is 1.60. The Hall–Kier alpha value is -1.03. The van der Waals surface area contributed by atoms with E-state index < -0.39 is 0 Å². The molecule has 2 aromatic heterocycles. The summed E-state index contributed by atoms with van der Waals surface area (Å²) in [6, 6.07) is 10.5. The van der Waals surface area contributed by atoms with Crippen LogP contribution in [0.4, 0.5) is 0 Å². The molecule has 0 radical (unpaired) electrons. The second kappa shape index (κ2) is 6.39. The van der Waals surface area contributed by atoms with Gasteiger partial charge in [0, 0.05) is 22.2 Å². The van der Waals surface area contributed by atoms with Crippen molar-refractivity contribution in [3.8, 4) is 0 Å². The molecule has 110 valence electrons. The van der Waals surface area contributed by atoms with E-state index in [2.05, 4.69) is 35.1 Å². The van der Waals surface area contributed by atoms with Crippen LogP contribution in [-0.2, 0) is 6.42 Å². The minimum Gasteiger partial charge on any atom is -0.319 e. The molecule has 0 aliphatic carbocycles. The van der Waals surface area contributed by atoms with Gasteiger partial charge in [0.1, 0.15) is 5.82 Å². The van der Waals surface area contributed by atoms with Gasteiger partial charge in [-0.25, -0.2) is 4.98 Å². The Morgan fingerprint density at radius 3 is 2.86 bits per heavy atom. The lowest BCUT2D eigenvalue weighted by Gasteiger charge is -2.19. The van der Waals surface area contributed by atoms with Crippen molar-refractivity contribution in [2.45, 2.75) is 25.8 Å². The Labute approximate surface area is 138 Å². The second-order valence-corrected chi connectivity index (χ2v) is 6.70. The number of aryl methyl sites for hydroxylation is 1. The number of alkyl halides is 1. The molecule has 5 heteroatoms. The molecule has 21 heavy (non-hydrogen) atoms. The van der Waals surface area contributed by atoms with Crippen molar-refractivity contribution in [2.24, 2.45) is 0 Å². The van der Waals surface area contributed by atoms with Crippen LogP contribution in [0.5, 0.6) is 0 Å². The Balaban J connectivity index is 2.20. The monoisotopic (exact) mass is 338 g/mol. The van der Waals surface area contributed by atoms with Crippen molar-refractivity contribution in [3.63, 3.8) is 0 Å². The summed E-state index contributed by atoms with van der Waals surface area (Å²) >= 11 is 13.8. The van der Waals surface area contributed by atoms with Gasteiger partial charge < -0.3 is 4.57 Å². The molecule has 0 aliphatic heterocycles. The molecule has 3 rings (SSSR count). The number of hydrogen-bond donors (Lipinski definition) is 0. The number of thiophene rings is 1. The minimum atomic E-state index is 0.300. The molecule has 2 nitrogen and oxygen atoms in total. The fourth-order valence-electron chi connectivity index (χ4n) is 2.72. The molecule has 0 aliphatic rings. The number of imidazole rings is 1. The molecule has 1 atom stereocenters. The number of aromatic nitrogens is 2. The van der Waals surface area contributed by atoms with E-state index >= 15 is 0 Å². The summed E-state index contributed by atoms with van der Waals surface area (Å²) in [5.41, 5.74) is 2.07. The summed E-state index contributed by atoms with van der Waals surface area (Å²) in [4.78, 5) is 6.09. The topological polar surface area (TPSA) is 17.8 Å². The van der Waals surface area contributed by atoms with Crippen molar-refractivity contribution in [2.75, 3.05) is 5.88 Å². The predicted molar refractivity (Wildman–Crippen MR) is 91.9 cm³/mol. The van der Waals surface area contributed by atoms with Gasteiger partial charge in [-0.15, -0.1) is 22.9 Å². The Morgan fingerprint density at radius 2 is 2.19 bits per heavy atom. The maximum atomic E-state index is 6.10. The Morgan fingerprint density at radius 1 is 1.33 bits per heavy atom. The van der Waals surface area contributed by atoms with Crippen LogP contribution in [0.2, 0.25) is 5.02 Å². The Kier molecular flexibility index (Phi) is 4.53. The average Bonchev–Trinajstić information content (AvgIpc) is 3.09. The van der Waals surface area contributed by atoms with Crippen LogP contribution in [-0.4, -0.2) is 15.4 Å². The number of benzene rings is 1. The number of nitrogens with zero attached hydrogens (tertiary/aromatic N) is 2. The van der Waals surface area contributed by atoms with Gasteiger partial charge in [0.25, 0.3) is 0 Å². The van der Waals surface area contributed by atoms with Gasteiger partial charge >= 0.3 is 0 Å². The fraction of sp³-hybridized carbons (Fsp3) is 0.312. The van der Waals surface area contributed by atoms with E-state index in [1.54, 1.807) is 11.3 Å². The quantitative estimate of drug-likeness (QED) is 0.559. The first-order chi connectivity index (χ1) is 10.2. The smallest absolute Gasteiger partial charge is 0.111 e. The van der Waals surface area contributed by atoms with E-state index in [1.165, 1.54) is 4.88 Å². The number of rotatable bonds is 5. The first-order valence-electron chi connectivity index (χ1n) is 7.00. The highest BCUT2D eigenvalue weighted by Crippen LogP contribution is 2.32. The summed E-state index contributed by atoms with van der Waals surface area (Å²) in [7, 11) is 0. The van der Waals surface area contributed by atoms with Crippen LogP contribution in [0.25, 0.3) is 11.0 Å². The van der Waals surface area contributed by atoms with Crippen molar-refractivity contribution >= 4 is 45.6 Å². The van der Waals surface area contributed by atoms with Crippen LogP contribution in [0.1, 0.15) is 30.1 Å². The Bertz CT molecular complexity index is 734. The maximum Gasteiger partial charge on any atom is 0.111 e. The number of halogens is 2. The third kappa shape index (κ3) is 2.83. The van der Waals surface area contributed by atoms with Gasteiger partial charge in [-0.2, -0.15) is 0 Å². The van der Waals surface area contributed by atoms with Crippen LogP contribution in [0, 0.1) is 0 Å². The van der Waals surface area contributed by atoms with E-state index in [9.17, 15) is 0 Å². The summed E-state index contributed by atoms with van der Waals surface area (Å²) in [5, 5.41) is 2.84. The highest BCUT2D eigenvalue weighted by molar-refractivity contribution is 7.10. The van der Waals surface area contributed by atoms with Crippen molar-refractivity contribution in [1.29, 1.82) is 0 Å². The van der Waals surface area contributed by atoms with Gasteiger partial charge in [0.05, 0.1) is 17.1 Å². The molecule has 3 aromatic rings. The van der Waals surface area contributed by atoms with E-state index in [0.717, 1.165) is 29.7 Å². The van der Waals surface area contributed by atoms with Crippen LogP contribution in [0.15, 0.2) is 35.7 Å².